The number of nitrogens with one attached hydrogen (secondary N) is 1. The number of hydrogen-bond donors (Lipinski definition) is 2. The van der Waals surface area contributed by atoms with Crippen LogP contribution in [-0.2, 0) is 26.1 Å². The molecule has 160 valence electrons. The van der Waals surface area contributed by atoms with Crippen LogP contribution in [0.2, 0.25) is 0 Å². The summed E-state index contributed by atoms with van der Waals surface area (Å²) in [5.41, 5.74) is 1.09. The largest absolute Gasteiger partial charge is 0.493 e. The third kappa shape index (κ3) is 5.64. The van der Waals surface area contributed by atoms with E-state index in [0.29, 0.717) is 17.3 Å². The third-order valence-corrected chi connectivity index (χ3v) is 4.67. The average molecular weight is 413 g/mol. The molecule has 0 aliphatic heterocycles. The van der Waals surface area contributed by atoms with E-state index in [-0.39, 0.29) is 12.4 Å². The first-order valence-corrected chi connectivity index (χ1v) is 9.93. The number of benzene rings is 1. The molecule has 0 fully saturated rings. The zero-order chi connectivity index (χ0) is 21.3. The smallest absolute Gasteiger partial charge is 0.371 e. The number of carboxylic acid groups (broad SMARTS) is 1. The summed E-state index contributed by atoms with van der Waals surface area (Å²) in [6.45, 7) is 4.80. The number of ether oxygens (including phenoxy) is 2. The SMILES string of the molecule is CCc1nccn1CCCNCc1ccc(OCc2ccc(C(=O)O)o2)c(OC)c1. The molecule has 0 aliphatic rings. The summed E-state index contributed by atoms with van der Waals surface area (Å²) in [5.74, 6) is 1.52. The molecule has 3 rings (SSSR count). The average Bonchev–Trinajstić information content (AvgIpc) is 3.41. The number of carboxylic acids is 1. The van der Waals surface area contributed by atoms with Gasteiger partial charge in [-0.15, -0.1) is 0 Å². The Kier molecular flexibility index (Phi) is 7.51. The van der Waals surface area contributed by atoms with Gasteiger partial charge in [-0.2, -0.15) is 0 Å². The molecular formula is C22H27N3O5. The van der Waals surface area contributed by atoms with Crippen molar-refractivity contribution in [1.29, 1.82) is 0 Å². The van der Waals surface area contributed by atoms with Gasteiger partial charge in [0.05, 0.1) is 7.11 Å². The topological polar surface area (TPSA) is 98.8 Å². The molecule has 2 N–H and O–H groups in total. The highest BCUT2D eigenvalue weighted by molar-refractivity contribution is 5.84. The van der Waals surface area contributed by atoms with Gasteiger partial charge in [0, 0.05) is 31.9 Å². The van der Waals surface area contributed by atoms with Crippen molar-refractivity contribution in [1.82, 2.24) is 14.9 Å². The summed E-state index contributed by atoms with van der Waals surface area (Å²) < 4.78 is 18.5. The van der Waals surface area contributed by atoms with Gasteiger partial charge in [0.15, 0.2) is 11.5 Å². The molecular weight excluding hydrogens is 386 g/mol. The third-order valence-electron chi connectivity index (χ3n) is 4.67. The lowest BCUT2D eigenvalue weighted by Crippen LogP contribution is -2.17. The van der Waals surface area contributed by atoms with E-state index in [9.17, 15) is 4.79 Å². The first-order valence-electron chi connectivity index (χ1n) is 9.93. The number of furan rings is 1. The minimum absolute atomic E-state index is 0.110. The van der Waals surface area contributed by atoms with Crippen LogP contribution in [-0.4, -0.2) is 34.3 Å². The van der Waals surface area contributed by atoms with Crippen molar-refractivity contribution in [2.45, 2.75) is 39.5 Å². The lowest BCUT2D eigenvalue weighted by molar-refractivity contribution is 0.0658. The van der Waals surface area contributed by atoms with E-state index in [2.05, 4.69) is 21.8 Å². The molecule has 30 heavy (non-hydrogen) atoms. The van der Waals surface area contributed by atoms with Gasteiger partial charge in [0.2, 0.25) is 5.76 Å². The van der Waals surface area contributed by atoms with E-state index >= 15 is 0 Å². The lowest BCUT2D eigenvalue weighted by Gasteiger charge is -2.12. The first-order chi connectivity index (χ1) is 14.6. The van der Waals surface area contributed by atoms with E-state index < -0.39 is 5.97 Å². The predicted molar refractivity (Wildman–Crippen MR) is 111 cm³/mol. The molecule has 0 spiro atoms. The van der Waals surface area contributed by atoms with Crippen LogP contribution in [0.4, 0.5) is 0 Å². The summed E-state index contributed by atoms with van der Waals surface area (Å²) in [4.78, 5) is 15.2. The van der Waals surface area contributed by atoms with Gasteiger partial charge < -0.3 is 28.9 Å². The van der Waals surface area contributed by atoms with Gasteiger partial charge in [-0.05, 0) is 42.8 Å². The number of carbonyl (C=O) groups is 1. The van der Waals surface area contributed by atoms with Crippen molar-refractivity contribution in [3.8, 4) is 11.5 Å². The van der Waals surface area contributed by atoms with Crippen molar-refractivity contribution >= 4 is 5.97 Å². The van der Waals surface area contributed by atoms with Crippen molar-refractivity contribution in [2.24, 2.45) is 0 Å². The van der Waals surface area contributed by atoms with Gasteiger partial charge in [0.25, 0.3) is 0 Å². The molecule has 0 saturated heterocycles. The van der Waals surface area contributed by atoms with E-state index in [1.54, 1.807) is 13.2 Å². The van der Waals surface area contributed by atoms with Gasteiger partial charge in [-0.3, -0.25) is 0 Å². The standard InChI is InChI=1S/C22H27N3O5/c1-3-21-24-10-12-25(21)11-4-9-23-14-16-5-7-18(20(13-16)28-2)29-15-17-6-8-19(30-17)22(26)27/h5-8,10,12-13,23H,3-4,9,11,14-15H2,1-2H3,(H,26,27). The van der Waals surface area contributed by atoms with Crippen molar-refractivity contribution in [3.05, 3.63) is 65.6 Å². The molecule has 0 atom stereocenters. The fourth-order valence-electron chi connectivity index (χ4n) is 3.13. The fourth-order valence-corrected chi connectivity index (χ4v) is 3.13. The molecule has 0 saturated carbocycles. The minimum Gasteiger partial charge on any atom is -0.493 e. The second-order valence-electron chi connectivity index (χ2n) is 6.77. The maximum atomic E-state index is 10.9. The number of imidazole rings is 1. The Balaban J connectivity index is 1.46. The summed E-state index contributed by atoms with van der Waals surface area (Å²) in [6, 6.07) is 8.74. The normalized spacial score (nSPS) is 10.9. The fraction of sp³-hybridized carbons (Fsp3) is 0.364. The minimum atomic E-state index is -1.11. The number of nitrogens with zero attached hydrogens (tertiary/aromatic N) is 2. The Hall–Kier alpha value is -3.26. The summed E-state index contributed by atoms with van der Waals surface area (Å²) in [5, 5.41) is 12.4. The van der Waals surface area contributed by atoms with Crippen LogP contribution in [0, 0.1) is 0 Å². The summed E-state index contributed by atoms with van der Waals surface area (Å²) in [7, 11) is 1.59. The van der Waals surface area contributed by atoms with Crippen LogP contribution in [0.3, 0.4) is 0 Å². The molecule has 0 bridgehead atoms. The number of hydrogen-bond acceptors (Lipinski definition) is 6. The van der Waals surface area contributed by atoms with Crippen molar-refractivity contribution in [3.63, 3.8) is 0 Å². The highest BCUT2D eigenvalue weighted by atomic mass is 16.5. The van der Waals surface area contributed by atoms with Crippen LogP contribution in [0.15, 0.2) is 47.1 Å². The Morgan fingerprint density at radius 3 is 2.87 bits per heavy atom. The molecule has 0 amide bonds. The first kappa shape index (κ1) is 21.4. The Labute approximate surface area is 175 Å². The zero-order valence-electron chi connectivity index (χ0n) is 17.3. The summed E-state index contributed by atoms with van der Waals surface area (Å²) in [6.07, 6.45) is 5.82. The Bertz CT molecular complexity index is 963. The molecule has 2 aromatic heterocycles. The van der Waals surface area contributed by atoms with Gasteiger partial charge in [-0.1, -0.05) is 13.0 Å². The molecule has 1 aromatic carbocycles. The lowest BCUT2D eigenvalue weighted by atomic mass is 10.2. The monoisotopic (exact) mass is 413 g/mol. The van der Waals surface area contributed by atoms with E-state index in [1.807, 2.05) is 30.6 Å². The van der Waals surface area contributed by atoms with Crippen LogP contribution < -0.4 is 14.8 Å². The van der Waals surface area contributed by atoms with Gasteiger partial charge in [0.1, 0.15) is 18.2 Å². The van der Waals surface area contributed by atoms with E-state index in [1.165, 1.54) is 6.07 Å². The predicted octanol–water partition coefficient (Wildman–Crippen LogP) is 3.50. The molecule has 0 aliphatic carbocycles. The van der Waals surface area contributed by atoms with E-state index in [0.717, 1.165) is 43.9 Å². The number of aromatic carboxylic acids is 1. The Morgan fingerprint density at radius 2 is 2.13 bits per heavy atom. The number of aromatic nitrogens is 2. The number of rotatable bonds is 12. The Morgan fingerprint density at radius 1 is 1.27 bits per heavy atom. The molecule has 0 unspecified atom stereocenters. The molecule has 0 radical (unpaired) electrons. The maximum Gasteiger partial charge on any atom is 0.371 e. The highest BCUT2D eigenvalue weighted by Crippen LogP contribution is 2.29. The van der Waals surface area contributed by atoms with Crippen LogP contribution in [0.5, 0.6) is 11.5 Å². The highest BCUT2D eigenvalue weighted by Gasteiger charge is 2.11. The summed E-state index contributed by atoms with van der Waals surface area (Å²) >= 11 is 0. The van der Waals surface area contributed by atoms with Crippen molar-refractivity contribution < 1.29 is 23.8 Å². The molecule has 8 nitrogen and oxygen atoms in total. The number of methoxy groups -OCH3 is 1. The quantitative estimate of drug-likeness (QED) is 0.439. The van der Waals surface area contributed by atoms with Crippen LogP contribution in [0.25, 0.3) is 0 Å². The molecule has 3 aromatic rings. The van der Waals surface area contributed by atoms with Crippen LogP contribution in [0.1, 0.15) is 41.0 Å². The molecule has 2 heterocycles. The number of aryl methyl sites for hydroxylation is 2. The van der Waals surface area contributed by atoms with E-state index in [4.69, 9.17) is 19.0 Å². The van der Waals surface area contributed by atoms with Gasteiger partial charge in [-0.25, -0.2) is 9.78 Å². The maximum absolute atomic E-state index is 10.9. The molecule has 8 heteroatoms. The second-order valence-corrected chi connectivity index (χ2v) is 6.77. The second kappa shape index (κ2) is 10.5. The van der Waals surface area contributed by atoms with Gasteiger partial charge >= 0.3 is 5.97 Å². The zero-order valence-corrected chi connectivity index (χ0v) is 17.3. The van der Waals surface area contributed by atoms with Crippen LogP contribution >= 0.6 is 0 Å². The van der Waals surface area contributed by atoms with Crippen molar-refractivity contribution in [2.75, 3.05) is 13.7 Å².